The quantitative estimate of drug-likeness (QED) is 0.862. The first-order chi connectivity index (χ1) is 8.06. The molecule has 0 aliphatic heterocycles. The van der Waals surface area contributed by atoms with Gasteiger partial charge in [0.2, 0.25) is 0 Å². The van der Waals surface area contributed by atoms with E-state index in [9.17, 15) is 5.11 Å². The van der Waals surface area contributed by atoms with Gasteiger partial charge in [-0.3, -0.25) is 0 Å². The maximum absolute atomic E-state index is 10.0. The SMILES string of the molecule is CC(NCC(O)c1cc(Cl)cc(Cl)c1)C1CC1. The lowest BCUT2D eigenvalue weighted by molar-refractivity contribution is 0.169. The van der Waals surface area contributed by atoms with Crippen LogP contribution in [0.3, 0.4) is 0 Å². The monoisotopic (exact) mass is 273 g/mol. The van der Waals surface area contributed by atoms with Gasteiger partial charge in [0.25, 0.3) is 0 Å². The van der Waals surface area contributed by atoms with Crippen LogP contribution in [-0.2, 0) is 0 Å². The minimum atomic E-state index is -0.563. The summed E-state index contributed by atoms with van der Waals surface area (Å²) in [5.41, 5.74) is 0.762. The number of hydrogen-bond donors (Lipinski definition) is 2. The summed E-state index contributed by atoms with van der Waals surface area (Å²) >= 11 is 11.8. The Kier molecular flexibility index (Phi) is 4.31. The topological polar surface area (TPSA) is 32.3 Å². The van der Waals surface area contributed by atoms with Gasteiger partial charge in [-0.1, -0.05) is 23.2 Å². The van der Waals surface area contributed by atoms with E-state index in [1.165, 1.54) is 12.8 Å². The molecule has 4 heteroatoms. The van der Waals surface area contributed by atoms with E-state index in [0.717, 1.165) is 11.5 Å². The summed E-state index contributed by atoms with van der Waals surface area (Å²) in [5, 5.41) is 14.5. The Morgan fingerprint density at radius 3 is 2.41 bits per heavy atom. The first-order valence-corrected chi connectivity index (χ1v) is 6.69. The normalized spacial score (nSPS) is 19.1. The summed E-state index contributed by atoms with van der Waals surface area (Å²) in [6, 6.07) is 5.64. The fourth-order valence-electron chi connectivity index (χ4n) is 1.95. The molecule has 0 spiro atoms. The molecule has 1 aliphatic rings. The van der Waals surface area contributed by atoms with Crippen molar-refractivity contribution in [1.82, 2.24) is 5.32 Å². The highest BCUT2D eigenvalue weighted by Crippen LogP contribution is 2.32. The fourth-order valence-corrected chi connectivity index (χ4v) is 2.49. The third-order valence-electron chi connectivity index (χ3n) is 3.23. The van der Waals surface area contributed by atoms with Crippen molar-refractivity contribution in [2.24, 2.45) is 5.92 Å². The van der Waals surface area contributed by atoms with Crippen molar-refractivity contribution in [1.29, 1.82) is 0 Å². The fraction of sp³-hybridized carbons (Fsp3) is 0.538. The molecule has 94 valence electrons. The molecule has 1 aromatic carbocycles. The predicted molar refractivity (Wildman–Crippen MR) is 71.6 cm³/mol. The van der Waals surface area contributed by atoms with Crippen molar-refractivity contribution in [2.75, 3.05) is 6.54 Å². The molecule has 1 saturated carbocycles. The largest absolute Gasteiger partial charge is 0.387 e. The molecule has 0 amide bonds. The van der Waals surface area contributed by atoms with Crippen LogP contribution in [0, 0.1) is 5.92 Å². The summed E-state index contributed by atoms with van der Waals surface area (Å²) < 4.78 is 0. The van der Waals surface area contributed by atoms with Crippen molar-refractivity contribution < 1.29 is 5.11 Å². The van der Waals surface area contributed by atoms with Crippen LogP contribution in [0.4, 0.5) is 0 Å². The standard InChI is InChI=1S/C13H17Cl2NO/c1-8(9-2-3-9)16-7-13(17)10-4-11(14)6-12(15)5-10/h4-6,8-9,13,16-17H,2-3,7H2,1H3. The summed E-state index contributed by atoms with van der Waals surface area (Å²) in [7, 11) is 0. The van der Waals surface area contributed by atoms with E-state index in [1.807, 2.05) is 0 Å². The van der Waals surface area contributed by atoms with Gasteiger partial charge in [0.15, 0.2) is 0 Å². The van der Waals surface area contributed by atoms with Crippen molar-refractivity contribution in [2.45, 2.75) is 31.9 Å². The Morgan fingerprint density at radius 1 is 1.29 bits per heavy atom. The van der Waals surface area contributed by atoms with E-state index in [1.54, 1.807) is 18.2 Å². The zero-order chi connectivity index (χ0) is 12.4. The molecule has 0 bridgehead atoms. The summed E-state index contributed by atoms with van der Waals surface area (Å²) in [5.74, 6) is 0.783. The second-order valence-electron chi connectivity index (χ2n) is 4.75. The van der Waals surface area contributed by atoms with Crippen LogP contribution < -0.4 is 5.32 Å². The van der Waals surface area contributed by atoms with Crippen LogP contribution in [0.15, 0.2) is 18.2 Å². The molecule has 17 heavy (non-hydrogen) atoms. The Hall–Kier alpha value is -0.280. The highest BCUT2D eigenvalue weighted by Gasteiger charge is 2.27. The van der Waals surface area contributed by atoms with E-state index >= 15 is 0 Å². The highest BCUT2D eigenvalue weighted by molar-refractivity contribution is 6.34. The van der Waals surface area contributed by atoms with Gasteiger partial charge in [-0.05, 0) is 49.4 Å². The third kappa shape index (κ3) is 3.85. The Morgan fingerprint density at radius 2 is 1.88 bits per heavy atom. The zero-order valence-electron chi connectivity index (χ0n) is 9.79. The van der Waals surface area contributed by atoms with Gasteiger partial charge in [0.1, 0.15) is 0 Å². The number of hydrogen-bond acceptors (Lipinski definition) is 2. The first-order valence-electron chi connectivity index (χ1n) is 5.93. The van der Waals surface area contributed by atoms with Gasteiger partial charge in [-0.2, -0.15) is 0 Å². The molecule has 1 fully saturated rings. The van der Waals surface area contributed by atoms with E-state index in [4.69, 9.17) is 23.2 Å². The first kappa shape index (κ1) is 13.2. The summed E-state index contributed by atoms with van der Waals surface area (Å²) in [6.45, 7) is 2.70. The van der Waals surface area contributed by atoms with Crippen molar-refractivity contribution >= 4 is 23.2 Å². The van der Waals surface area contributed by atoms with E-state index in [0.29, 0.717) is 22.6 Å². The molecular formula is C13H17Cl2NO. The third-order valence-corrected chi connectivity index (χ3v) is 3.67. The molecule has 1 aromatic rings. The van der Waals surface area contributed by atoms with Gasteiger partial charge in [0.05, 0.1) is 6.10 Å². The molecule has 2 N–H and O–H groups in total. The van der Waals surface area contributed by atoms with E-state index < -0.39 is 6.10 Å². The van der Waals surface area contributed by atoms with Gasteiger partial charge < -0.3 is 10.4 Å². The van der Waals surface area contributed by atoms with Crippen LogP contribution in [0.2, 0.25) is 10.0 Å². The van der Waals surface area contributed by atoms with Crippen LogP contribution in [0.25, 0.3) is 0 Å². The van der Waals surface area contributed by atoms with E-state index in [2.05, 4.69) is 12.2 Å². The average Bonchev–Trinajstić information content (AvgIpc) is 3.07. The number of halogens is 2. The van der Waals surface area contributed by atoms with Gasteiger partial charge in [-0.25, -0.2) is 0 Å². The smallest absolute Gasteiger partial charge is 0.0915 e. The maximum atomic E-state index is 10.0. The van der Waals surface area contributed by atoms with E-state index in [-0.39, 0.29) is 0 Å². The number of aliphatic hydroxyl groups is 1. The minimum Gasteiger partial charge on any atom is -0.387 e. The molecule has 1 aliphatic carbocycles. The van der Waals surface area contributed by atoms with Crippen LogP contribution in [0.5, 0.6) is 0 Å². The number of benzene rings is 1. The van der Waals surface area contributed by atoms with Gasteiger partial charge in [0, 0.05) is 22.6 Å². The molecule has 2 nitrogen and oxygen atoms in total. The average molecular weight is 274 g/mol. The van der Waals surface area contributed by atoms with Crippen LogP contribution in [-0.4, -0.2) is 17.7 Å². The van der Waals surface area contributed by atoms with Crippen LogP contribution >= 0.6 is 23.2 Å². The van der Waals surface area contributed by atoms with Gasteiger partial charge >= 0.3 is 0 Å². The number of aliphatic hydroxyl groups excluding tert-OH is 1. The molecule has 0 radical (unpaired) electrons. The molecule has 0 aromatic heterocycles. The lowest BCUT2D eigenvalue weighted by Gasteiger charge is -2.17. The lowest BCUT2D eigenvalue weighted by Crippen LogP contribution is -2.31. The predicted octanol–water partition coefficient (Wildman–Crippen LogP) is 3.41. The van der Waals surface area contributed by atoms with Crippen molar-refractivity contribution in [3.05, 3.63) is 33.8 Å². The highest BCUT2D eigenvalue weighted by atomic mass is 35.5. The molecule has 0 saturated heterocycles. The number of rotatable bonds is 5. The van der Waals surface area contributed by atoms with Gasteiger partial charge in [-0.15, -0.1) is 0 Å². The maximum Gasteiger partial charge on any atom is 0.0915 e. The molecule has 0 heterocycles. The summed E-state index contributed by atoms with van der Waals surface area (Å²) in [4.78, 5) is 0. The molecule has 2 rings (SSSR count). The molecule has 2 unspecified atom stereocenters. The lowest BCUT2D eigenvalue weighted by atomic mass is 10.1. The minimum absolute atomic E-state index is 0.472. The Balaban J connectivity index is 1.91. The van der Waals surface area contributed by atoms with Crippen LogP contribution in [0.1, 0.15) is 31.4 Å². The second kappa shape index (κ2) is 5.57. The zero-order valence-corrected chi connectivity index (χ0v) is 11.3. The molecular weight excluding hydrogens is 257 g/mol. The van der Waals surface area contributed by atoms with Crippen molar-refractivity contribution in [3.8, 4) is 0 Å². The molecule has 2 atom stereocenters. The van der Waals surface area contributed by atoms with Crippen molar-refractivity contribution in [3.63, 3.8) is 0 Å². The number of nitrogens with one attached hydrogen (secondary N) is 1. The Labute approximate surface area is 112 Å². The summed E-state index contributed by atoms with van der Waals surface area (Å²) in [6.07, 6.45) is 2.04. The second-order valence-corrected chi connectivity index (χ2v) is 5.63. The Bertz CT molecular complexity index is 373.